The summed E-state index contributed by atoms with van der Waals surface area (Å²) in [6.45, 7) is 2.28. The largest absolute Gasteiger partial charge is 0.459 e. The Balaban J connectivity index is 1.48. The molecule has 3 rings (SSSR count). The van der Waals surface area contributed by atoms with E-state index in [-0.39, 0.29) is 0 Å². The van der Waals surface area contributed by atoms with Crippen LogP contribution in [0, 0.1) is 35.3 Å². The van der Waals surface area contributed by atoms with Crippen LogP contribution in [-0.4, -0.2) is 6.43 Å². The van der Waals surface area contributed by atoms with Crippen LogP contribution < -0.4 is 4.74 Å². The van der Waals surface area contributed by atoms with Crippen molar-refractivity contribution in [3.63, 3.8) is 0 Å². The summed E-state index contributed by atoms with van der Waals surface area (Å²) in [5, 5.41) is 0. The third-order valence-electron chi connectivity index (χ3n) is 7.06. The molecule has 0 atom stereocenters. The van der Waals surface area contributed by atoms with E-state index in [1.54, 1.807) is 6.08 Å². The maximum Gasteiger partial charge on any atom is 0.260 e. The number of hydrogen-bond acceptors (Lipinski definition) is 1. The van der Waals surface area contributed by atoms with Crippen LogP contribution in [0.1, 0.15) is 76.7 Å². The van der Waals surface area contributed by atoms with Crippen molar-refractivity contribution in [2.24, 2.45) is 23.7 Å². The first-order valence-corrected chi connectivity index (χ1v) is 11.7. The van der Waals surface area contributed by atoms with Crippen LogP contribution in [0.5, 0.6) is 5.75 Å². The second-order valence-corrected chi connectivity index (χ2v) is 9.20. The van der Waals surface area contributed by atoms with E-state index in [2.05, 4.69) is 17.7 Å². The summed E-state index contributed by atoms with van der Waals surface area (Å²) in [4.78, 5) is 0. The molecule has 0 bridgehead atoms. The van der Waals surface area contributed by atoms with Gasteiger partial charge in [-0.1, -0.05) is 44.8 Å². The zero-order valence-corrected chi connectivity index (χ0v) is 18.3. The van der Waals surface area contributed by atoms with E-state index in [1.807, 2.05) is 0 Å². The van der Waals surface area contributed by atoms with Crippen LogP contribution in [0.15, 0.2) is 30.5 Å². The van der Waals surface area contributed by atoms with Gasteiger partial charge in [-0.3, -0.25) is 0 Å². The van der Waals surface area contributed by atoms with Gasteiger partial charge in [0.05, 0.1) is 6.26 Å². The van der Waals surface area contributed by atoms with Gasteiger partial charge < -0.3 is 4.74 Å². The summed E-state index contributed by atoms with van der Waals surface area (Å²) >= 11 is 0. The molecule has 1 aromatic rings. The number of ether oxygens (including phenoxy) is 1. The van der Waals surface area contributed by atoms with Crippen LogP contribution in [0.25, 0.3) is 6.08 Å². The minimum absolute atomic E-state index is 0.413. The molecule has 0 N–H and O–H groups in total. The first-order chi connectivity index (χ1) is 15.0. The van der Waals surface area contributed by atoms with E-state index in [0.717, 1.165) is 30.6 Å². The third kappa shape index (κ3) is 7.11. The fourth-order valence-corrected chi connectivity index (χ4v) is 5.37. The lowest BCUT2D eigenvalue weighted by molar-refractivity contribution is 0.152. The highest BCUT2D eigenvalue weighted by molar-refractivity contribution is 5.52. The SMILES string of the molecule is CCCC1CCC(C2CCC(/C=C/c3cc(F)c(O/C=C/C(F)F)c(F)c3)CC2)CC1. The molecule has 31 heavy (non-hydrogen) atoms. The molecule has 5 heteroatoms. The second-order valence-electron chi connectivity index (χ2n) is 9.20. The fraction of sp³-hybridized carbons (Fsp3) is 0.615. The van der Waals surface area contributed by atoms with Crippen LogP contribution in [-0.2, 0) is 0 Å². The van der Waals surface area contributed by atoms with Gasteiger partial charge in [0.2, 0.25) is 0 Å². The van der Waals surface area contributed by atoms with Crippen molar-refractivity contribution in [3.05, 3.63) is 47.7 Å². The minimum atomic E-state index is -2.74. The smallest absolute Gasteiger partial charge is 0.260 e. The Kier molecular flexibility index (Phi) is 9.03. The Labute approximate surface area is 183 Å². The molecule has 172 valence electrons. The van der Waals surface area contributed by atoms with Gasteiger partial charge in [0, 0.05) is 6.08 Å². The molecule has 0 aromatic heterocycles. The standard InChI is InChI=1S/C26H34F4O/c1-2-3-18-6-10-21(11-7-18)22-12-8-19(9-13-22)4-5-20-16-23(27)26(24(28)17-20)31-15-14-25(29)30/h4-5,14-19,21-22,25H,2-3,6-13H2,1H3/b5-4+,15-14+. The summed E-state index contributed by atoms with van der Waals surface area (Å²) in [5.74, 6) is 0.625. The Bertz CT molecular complexity index is 719. The van der Waals surface area contributed by atoms with E-state index in [0.29, 0.717) is 23.8 Å². The van der Waals surface area contributed by atoms with Crippen LogP contribution in [0.3, 0.4) is 0 Å². The summed E-state index contributed by atoms with van der Waals surface area (Å²) in [7, 11) is 0. The van der Waals surface area contributed by atoms with Crippen LogP contribution in [0.4, 0.5) is 17.6 Å². The van der Waals surface area contributed by atoms with E-state index in [1.165, 1.54) is 63.5 Å². The molecule has 0 radical (unpaired) electrons. The normalized spacial score (nSPS) is 27.4. The first kappa shape index (κ1) is 23.9. The van der Waals surface area contributed by atoms with Crippen molar-refractivity contribution in [2.75, 3.05) is 0 Å². The van der Waals surface area contributed by atoms with E-state index >= 15 is 0 Å². The summed E-state index contributed by atoms with van der Waals surface area (Å²) in [6.07, 6.45) is 15.1. The van der Waals surface area contributed by atoms with Gasteiger partial charge in [0.25, 0.3) is 6.43 Å². The number of rotatable bonds is 8. The molecule has 0 spiro atoms. The quantitative estimate of drug-likeness (QED) is 0.292. The highest BCUT2D eigenvalue weighted by Gasteiger charge is 2.30. The molecule has 0 amide bonds. The van der Waals surface area contributed by atoms with Gasteiger partial charge in [-0.05, 0) is 79.9 Å². The first-order valence-electron chi connectivity index (χ1n) is 11.7. The molecule has 2 saturated carbocycles. The predicted octanol–water partition coefficient (Wildman–Crippen LogP) is 8.55. The molecule has 2 aliphatic rings. The zero-order valence-electron chi connectivity index (χ0n) is 18.3. The van der Waals surface area contributed by atoms with Crippen molar-refractivity contribution >= 4 is 6.08 Å². The van der Waals surface area contributed by atoms with Gasteiger partial charge in [-0.2, -0.15) is 0 Å². The molecular weight excluding hydrogens is 404 g/mol. The highest BCUT2D eigenvalue weighted by atomic mass is 19.3. The van der Waals surface area contributed by atoms with Crippen molar-refractivity contribution in [1.29, 1.82) is 0 Å². The molecular formula is C26H34F4O. The molecule has 0 unspecified atom stereocenters. The fourth-order valence-electron chi connectivity index (χ4n) is 5.37. The Morgan fingerprint density at radius 3 is 2.06 bits per heavy atom. The summed E-state index contributed by atoms with van der Waals surface area (Å²) < 4.78 is 57.1. The topological polar surface area (TPSA) is 9.23 Å². The minimum Gasteiger partial charge on any atom is -0.459 e. The third-order valence-corrected chi connectivity index (χ3v) is 7.06. The maximum atomic E-state index is 14.1. The Morgan fingerprint density at radius 2 is 1.52 bits per heavy atom. The average Bonchev–Trinajstić information content (AvgIpc) is 2.75. The molecule has 2 fully saturated rings. The Hall–Kier alpha value is -1.78. The van der Waals surface area contributed by atoms with Crippen molar-refractivity contribution in [1.82, 2.24) is 0 Å². The number of benzene rings is 1. The summed E-state index contributed by atoms with van der Waals surface area (Å²) in [5.41, 5.74) is 0.413. The van der Waals surface area contributed by atoms with E-state index < -0.39 is 23.8 Å². The van der Waals surface area contributed by atoms with Crippen molar-refractivity contribution in [3.8, 4) is 5.75 Å². The molecule has 1 nitrogen and oxygen atoms in total. The average molecular weight is 439 g/mol. The van der Waals surface area contributed by atoms with Gasteiger partial charge in [-0.15, -0.1) is 0 Å². The van der Waals surface area contributed by atoms with Gasteiger partial charge in [0.15, 0.2) is 17.4 Å². The Morgan fingerprint density at radius 1 is 0.935 bits per heavy atom. The zero-order chi connectivity index (χ0) is 22.2. The summed E-state index contributed by atoms with van der Waals surface area (Å²) in [6, 6.07) is 2.34. The lowest BCUT2D eigenvalue weighted by atomic mass is 9.68. The van der Waals surface area contributed by atoms with Gasteiger partial charge in [0.1, 0.15) is 0 Å². The second kappa shape index (κ2) is 11.7. The molecule has 0 saturated heterocycles. The predicted molar refractivity (Wildman–Crippen MR) is 117 cm³/mol. The number of allylic oxidation sites excluding steroid dienone is 2. The lowest BCUT2D eigenvalue weighted by Crippen LogP contribution is -2.25. The molecule has 1 aromatic carbocycles. The number of alkyl halides is 2. The maximum absolute atomic E-state index is 14.1. The van der Waals surface area contributed by atoms with Crippen molar-refractivity contribution in [2.45, 2.75) is 77.6 Å². The van der Waals surface area contributed by atoms with Crippen molar-refractivity contribution < 1.29 is 22.3 Å². The molecule has 0 heterocycles. The van der Waals surface area contributed by atoms with Crippen LogP contribution in [0.2, 0.25) is 0 Å². The highest BCUT2D eigenvalue weighted by Crippen LogP contribution is 2.42. The number of halogens is 4. The molecule has 0 aliphatic heterocycles. The van der Waals surface area contributed by atoms with Gasteiger partial charge >= 0.3 is 0 Å². The van der Waals surface area contributed by atoms with E-state index in [4.69, 9.17) is 0 Å². The molecule has 2 aliphatic carbocycles. The van der Waals surface area contributed by atoms with Gasteiger partial charge in [-0.25, -0.2) is 17.6 Å². The van der Waals surface area contributed by atoms with E-state index in [9.17, 15) is 17.6 Å². The monoisotopic (exact) mass is 438 g/mol. The number of hydrogen-bond donors (Lipinski definition) is 0. The lowest BCUT2D eigenvalue weighted by Gasteiger charge is -2.37. The van der Waals surface area contributed by atoms with Crippen LogP contribution >= 0.6 is 0 Å².